The Labute approximate surface area is 371 Å². The van der Waals surface area contributed by atoms with Crippen molar-refractivity contribution in [1.82, 2.24) is 0 Å². The quantitative estimate of drug-likeness (QED) is 0.0717. The zero-order chi connectivity index (χ0) is 43.6. The highest BCUT2D eigenvalue weighted by Gasteiger charge is 2.52. The summed E-state index contributed by atoms with van der Waals surface area (Å²) in [6.45, 7) is 20.0. The molecule has 4 atom stereocenters. The van der Waals surface area contributed by atoms with Crippen LogP contribution in [0.4, 0.5) is 0 Å². The molecule has 1 aliphatic rings. The number of benzene rings is 4. The van der Waals surface area contributed by atoms with E-state index in [-0.39, 0.29) is 51.6 Å². The normalized spacial score (nSPS) is 16.6. The van der Waals surface area contributed by atoms with Crippen LogP contribution < -0.4 is 20.7 Å². The summed E-state index contributed by atoms with van der Waals surface area (Å²) in [7, 11) is -5.77. The lowest BCUT2D eigenvalue weighted by Crippen LogP contribution is -2.66. The predicted octanol–water partition coefficient (Wildman–Crippen LogP) is 8.52. The van der Waals surface area contributed by atoms with Gasteiger partial charge in [-0.25, -0.2) is 0 Å². The predicted molar refractivity (Wildman–Crippen MR) is 259 cm³/mol. The molecule has 60 heavy (non-hydrogen) atoms. The van der Waals surface area contributed by atoms with Crippen LogP contribution in [0.3, 0.4) is 0 Å². The van der Waals surface area contributed by atoms with E-state index in [9.17, 15) is 15.0 Å². The molecule has 326 valence electrons. The number of aliphatic hydroxyl groups excluding tert-OH is 2. The van der Waals surface area contributed by atoms with Crippen molar-refractivity contribution in [2.24, 2.45) is 23.2 Å². The van der Waals surface area contributed by atoms with E-state index >= 15 is 0 Å². The minimum atomic E-state index is -2.89. The van der Waals surface area contributed by atoms with Crippen molar-refractivity contribution in [1.29, 1.82) is 0 Å². The van der Waals surface area contributed by atoms with E-state index in [1.54, 1.807) is 0 Å². The molecule has 0 aliphatic carbocycles. The fraction of sp³-hybridized carbons (Fsp3) is 0.500. The Hall–Kier alpha value is -2.68. The van der Waals surface area contributed by atoms with Gasteiger partial charge in [-0.3, -0.25) is 4.79 Å². The number of carbonyl (C=O) groups excluding carboxylic acids is 1. The molecule has 1 fully saturated rings. The number of aliphatic hydroxyl groups is 2. The Morgan fingerprint density at radius 2 is 0.967 bits per heavy atom. The van der Waals surface area contributed by atoms with E-state index < -0.39 is 28.2 Å². The van der Waals surface area contributed by atoms with Crippen LogP contribution in [0, 0.1) is 23.2 Å². The summed E-state index contributed by atoms with van der Waals surface area (Å²) in [5.41, 5.74) is -0.657. The van der Waals surface area contributed by atoms with Gasteiger partial charge in [0.25, 0.3) is 16.6 Å². The van der Waals surface area contributed by atoms with E-state index in [0.717, 1.165) is 11.5 Å². The number of esters is 1. The fourth-order valence-electron chi connectivity index (χ4n) is 9.21. The molecule has 2 N–H and O–H groups in total. The lowest BCUT2D eigenvalue weighted by molar-refractivity contribution is -0.155. The molecule has 4 aromatic carbocycles. The fourth-order valence-corrected chi connectivity index (χ4v) is 21.6. The monoisotopic (exact) mass is 886 g/mol. The average Bonchev–Trinajstić information content (AvgIpc) is 3.77. The van der Waals surface area contributed by atoms with Gasteiger partial charge in [0, 0.05) is 30.6 Å². The van der Waals surface area contributed by atoms with Gasteiger partial charge in [-0.2, -0.15) is 0 Å². The van der Waals surface area contributed by atoms with Crippen LogP contribution in [-0.2, 0) is 18.4 Å². The van der Waals surface area contributed by atoms with Crippen molar-refractivity contribution >= 4 is 66.9 Å². The summed E-state index contributed by atoms with van der Waals surface area (Å²) < 4.78 is 21.3. The zero-order valence-corrected chi connectivity index (χ0v) is 41.1. The summed E-state index contributed by atoms with van der Waals surface area (Å²) >= 11 is 3.82. The maximum absolute atomic E-state index is 13.4. The molecular formula is C50H70O6S2Si2. The molecule has 10 heteroatoms. The number of thioether (sulfide) groups is 2. The smallest absolute Gasteiger partial charge is 0.311 e. The zero-order valence-electron chi connectivity index (χ0n) is 37.4. The molecular weight excluding hydrogens is 817 g/mol. The lowest BCUT2D eigenvalue weighted by atomic mass is 9.76. The molecule has 0 amide bonds. The van der Waals surface area contributed by atoms with Gasteiger partial charge in [0.2, 0.25) is 0 Å². The minimum Gasteiger partial charge on any atom is -0.465 e. The summed E-state index contributed by atoms with van der Waals surface area (Å²) in [5, 5.41) is 27.2. The number of ether oxygens (including phenoxy) is 1. The number of carbonyl (C=O) groups is 1. The molecule has 6 nitrogen and oxygen atoms in total. The van der Waals surface area contributed by atoms with Crippen LogP contribution in [0.5, 0.6) is 0 Å². The first-order valence-corrected chi connectivity index (χ1v) is 27.6. The SMILES string of the molecule is CC(C)(C)C(=O)OC[C@@H](C1SCCS1)[C@H](CCO[Si](c1ccccc1)(c1ccccc1)C(C)(C)C)[C@H](CCO[Si](c1ccccc1)(c1ccccc1)C(C)(C)C)[C@H](O)CO. The van der Waals surface area contributed by atoms with Crippen LogP contribution in [0.25, 0.3) is 0 Å². The van der Waals surface area contributed by atoms with Crippen molar-refractivity contribution < 1.29 is 28.6 Å². The standard InChI is InChI=1S/C50H70O6S2Si2/c1-48(2,3)47(53)54-37-44(46-57-34-35-58-46)42(30-32-55-59(49(4,5)6,38-22-14-10-15-23-38)39-24-16-11-17-25-39)43(45(52)36-51)31-33-56-60(50(7,8)9,40-26-18-12-19-27-40)41-28-20-13-21-29-41/h10-29,42-46,51-52H,30-37H2,1-9H3/t42-,43+,44-,45-/m1/s1. The Morgan fingerprint density at radius 1 is 0.617 bits per heavy atom. The first-order chi connectivity index (χ1) is 28.5. The molecule has 4 aromatic rings. The minimum absolute atomic E-state index is 0.101. The summed E-state index contributed by atoms with van der Waals surface area (Å²) in [6, 6.07) is 42.6. The van der Waals surface area contributed by atoms with E-state index in [4.69, 9.17) is 13.6 Å². The second kappa shape index (κ2) is 21.1. The van der Waals surface area contributed by atoms with Crippen molar-refractivity contribution in [2.75, 3.05) is 37.9 Å². The Kier molecular flexibility index (Phi) is 17.0. The lowest BCUT2D eigenvalue weighted by Gasteiger charge is -2.45. The first kappa shape index (κ1) is 48.4. The third-order valence-electron chi connectivity index (χ3n) is 12.2. The van der Waals surface area contributed by atoms with Crippen LogP contribution in [0.2, 0.25) is 10.1 Å². The van der Waals surface area contributed by atoms with Crippen LogP contribution in [-0.4, -0.2) is 81.4 Å². The van der Waals surface area contributed by atoms with Gasteiger partial charge in [0.15, 0.2) is 0 Å². The molecule has 0 saturated carbocycles. The maximum atomic E-state index is 13.4. The van der Waals surface area contributed by atoms with Gasteiger partial charge in [-0.05, 0) is 76.3 Å². The second-order valence-electron chi connectivity index (χ2n) is 19.3. The maximum Gasteiger partial charge on any atom is 0.311 e. The molecule has 1 heterocycles. The molecule has 1 aliphatic heterocycles. The van der Waals surface area contributed by atoms with Crippen LogP contribution >= 0.6 is 23.5 Å². The van der Waals surface area contributed by atoms with Crippen LogP contribution in [0.1, 0.15) is 75.2 Å². The summed E-state index contributed by atoms with van der Waals surface area (Å²) in [6.07, 6.45) is 0.116. The van der Waals surface area contributed by atoms with E-state index in [1.165, 1.54) is 20.7 Å². The highest BCUT2D eigenvalue weighted by atomic mass is 32.2. The third-order valence-corrected chi connectivity index (χ3v) is 25.6. The average molecular weight is 887 g/mol. The van der Waals surface area contributed by atoms with Crippen molar-refractivity contribution in [2.45, 2.75) is 95.9 Å². The number of hydrogen-bond donors (Lipinski definition) is 2. The largest absolute Gasteiger partial charge is 0.465 e. The molecule has 0 spiro atoms. The van der Waals surface area contributed by atoms with Gasteiger partial charge in [0.05, 0.1) is 29.3 Å². The highest BCUT2D eigenvalue weighted by molar-refractivity contribution is 8.20. The van der Waals surface area contributed by atoms with E-state index in [0.29, 0.717) is 26.1 Å². The van der Waals surface area contributed by atoms with Crippen LogP contribution in [0.15, 0.2) is 121 Å². The summed E-state index contributed by atoms with van der Waals surface area (Å²) in [5.74, 6) is 1.15. The molecule has 1 saturated heterocycles. The summed E-state index contributed by atoms with van der Waals surface area (Å²) in [4.78, 5) is 13.4. The number of hydrogen-bond acceptors (Lipinski definition) is 8. The van der Waals surface area contributed by atoms with E-state index in [1.807, 2.05) is 44.3 Å². The molecule has 0 unspecified atom stereocenters. The number of rotatable bonds is 19. The Balaban J connectivity index is 1.57. The van der Waals surface area contributed by atoms with Gasteiger partial charge >= 0.3 is 5.97 Å². The molecule has 0 bridgehead atoms. The van der Waals surface area contributed by atoms with Crippen molar-refractivity contribution in [3.63, 3.8) is 0 Å². The molecule has 0 radical (unpaired) electrons. The van der Waals surface area contributed by atoms with E-state index in [2.05, 4.69) is 163 Å². The molecule has 0 aromatic heterocycles. The first-order valence-electron chi connectivity index (χ1n) is 21.7. The Morgan fingerprint density at radius 3 is 1.28 bits per heavy atom. The van der Waals surface area contributed by atoms with Crippen molar-refractivity contribution in [3.05, 3.63) is 121 Å². The molecule has 5 rings (SSSR count). The third kappa shape index (κ3) is 11.1. The van der Waals surface area contributed by atoms with Gasteiger partial charge < -0.3 is 23.8 Å². The second-order valence-corrected chi connectivity index (χ2v) is 30.7. The van der Waals surface area contributed by atoms with Gasteiger partial charge in [-0.1, -0.05) is 163 Å². The van der Waals surface area contributed by atoms with Gasteiger partial charge in [0.1, 0.15) is 0 Å². The van der Waals surface area contributed by atoms with Gasteiger partial charge in [-0.15, -0.1) is 23.5 Å². The van der Waals surface area contributed by atoms with Crippen molar-refractivity contribution in [3.8, 4) is 0 Å². The highest BCUT2D eigenvalue weighted by Crippen LogP contribution is 2.46. The Bertz CT molecular complexity index is 1800. The topological polar surface area (TPSA) is 85.2 Å².